The molecule has 2 amide bonds. The van der Waals surface area contributed by atoms with E-state index in [0.29, 0.717) is 16.0 Å². The Morgan fingerprint density at radius 3 is 2.33 bits per heavy atom. The number of amides is 2. The molecule has 0 radical (unpaired) electrons. The first kappa shape index (κ1) is 24.1. The molecule has 1 heterocycles. The molecule has 11 heteroatoms. The Morgan fingerprint density at radius 1 is 1.09 bits per heavy atom. The fourth-order valence-corrected chi connectivity index (χ4v) is 3.56. The van der Waals surface area contributed by atoms with E-state index in [1.54, 1.807) is 0 Å². The molecule has 1 atom stereocenters. The normalized spacial score (nSPS) is 16.6. The van der Waals surface area contributed by atoms with Crippen molar-refractivity contribution in [3.63, 3.8) is 0 Å². The van der Waals surface area contributed by atoms with Crippen molar-refractivity contribution in [3.05, 3.63) is 65.2 Å². The van der Waals surface area contributed by atoms with Gasteiger partial charge in [0.2, 0.25) is 11.8 Å². The van der Waals surface area contributed by atoms with Crippen LogP contribution in [0.1, 0.15) is 23.1 Å². The van der Waals surface area contributed by atoms with Gasteiger partial charge < -0.3 is 9.80 Å². The highest BCUT2D eigenvalue weighted by Gasteiger charge is 2.41. The van der Waals surface area contributed by atoms with Gasteiger partial charge in [-0.25, -0.2) is 0 Å². The second-order valence-corrected chi connectivity index (χ2v) is 7.57. The summed E-state index contributed by atoms with van der Waals surface area (Å²) in [5, 5.41) is 8.84. The summed E-state index contributed by atoms with van der Waals surface area (Å²) < 4.78 is 78.3. The third kappa shape index (κ3) is 6.03. The van der Waals surface area contributed by atoms with E-state index in [0.717, 1.165) is 23.1 Å². The quantitative estimate of drug-likeness (QED) is 0.605. The molecule has 33 heavy (non-hydrogen) atoms. The van der Waals surface area contributed by atoms with Gasteiger partial charge in [-0.05, 0) is 35.9 Å². The highest BCUT2D eigenvalue weighted by molar-refractivity contribution is 6.00. The molecule has 0 N–H and O–H groups in total. The second-order valence-electron chi connectivity index (χ2n) is 7.57. The summed E-state index contributed by atoms with van der Waals surface area (Å²) in [6.07, 6.45) is -9.76. The molecule has 1 unspecified atom stereocenters. The molecular formula is C22H17F6N3O2. The number of hydrogen-bond acceptors (Lipinski definition) is 3. The number of nitrogens with zero attached hydrogens (tertiary/aromatic N) is 3. The van der Waals surface area contributed by atoms with Crippen LogP contribution in [-0.2, 0) is 22.3 Å². The molecule has 1 aliphatic rings. The molecule has 2 aromatic carbocycles. The minimum Gasteiger partial charge on any atom is -0.329 e. The monoisotopic (exact) mass is 469 g/mol. The number of halogens is 6. The largest absolute Gasteiger partial charge is 0.416 e. The smallest absolute Gasteiger partial charge is 0.329 e. The Kier molecular flexibility index (Phi) is 6.67. The molecule has 0 bridgehead atoms. The lowest BCUT2D eigenvalue weighted by Gasteiger charge is -2.27. The Balaban J connectivity index is 1.80. The van der Waals surface area contributed by atoms with Crippen molar-refractivity contribution >= 4 is 17.5 Å². The third-order valence-corrected chi connectivity index (χ3v) is 5.10. The van der Waals surface area contributed by atoms with Gasteiger partial charge >= 0.3 is 12.4 Å². The maximum atomic E-state index is 13.1. The molecule has 1 saturated heterocycles. The van der Waals surface area contributed by atoms with Crippen LogP contribution in [0.15, 0.2) is 48.5 Å². The van der Waals surface area contributed by atoms with Crippen molar-refractivity contribution in [2.45, 2.75) is 25.3 Å². The zero-order valence-corrected chi connectivity index (χ0v) is 17.0. The van der Waals surface area contributed by atoms with E-state index in [4.69, 9.17) is 5.26 Å². The SMILES string of the molecule is N#Cc1ccc(CN(CC(F)(F)F)C(=O)C2CC(=O)N(c3cccc(C(F)(F)F)c3)C2)cc1. The van der Waals surface area contributed by atoms with Gasteiger partial charge in [-0.1, -0.05) is 18.2 Å². The number of rotatable bonds is 5. The van der Waals surface area contributed by atoms with Gasteiger partial charge in [0.15, 0.2) is 0 Å². The highest BCUT2D eigenvalue weighted by atomic mass is 19.4. The molecule has 0 saturated carbocycles. The number of hydrogen-bond donors (Lipinski definition) is 0. The summed E-state index contributed by atoms with van der Waals surface area (Å²) in [7, 11) is 0. The van der Waals surface area contributed by atoms with Gasteiger partial charge in [0.1, 0.15) is 6.54 Å². The first-order valence-corrected chi connectivity index (χ1v) is 9.69. The zero-order valence-electron chi connectivity index (χ0n) is 17.0. The minimum absolute atomic E-state index is 0.0837. The molecule has 174 valence electrons. The van der Waals surface area contributed by atoms with Crippen molar-refractivity contribution in [1.29, 1.82) is 5.26 Å². The van der Waals surface area contributed by atoms with Crippen molar-refractivity contribution in [1.82, 2.24) is 4.90 Å². The summed E-state index contributed by atoms with van der Waals surface area (Å²) >= 11 is 0. The lowest BCUT2D eigenvalue weighted by atomic mass is 10.1. The molecule has 1 fully saturated rings. The molecule has 0 aromatic heterocycles. The van der Waals surface area contributed by atoms with Gasteiger partial charge in [-0.2, -0.15) is 31.6 Å². The van der Waals surface area contributed by atoms with Gasteiger partial charge in [-0.3, -0.25) is 9.59 Å². The Bertz CT molecular complexity index is 1070. The summed E-state index contributed by atoms with van der Waals surface area (Å²) in [6.45, 7) is -2.29. The summed E-state index contributed by atoms with van der Waals surface area (Å²) in [4.78, 5) is 26.9. The molecular weight excluding hydrogens is 452 g/mol. The van der Waals surface area contributed by atoms with E-state index in [1.807, 2.05) is 6.07 Å². The lowest BCUT2D eigenvalue weighted by Crippen LogP contribution is -2.42. The average Bonchev–Trinajstić information content (AvgIpc) is 3.13. The van der Waals surface area contributed by atoms with Crippen molar-refractivity contribution in [2.75, 3.05) is 18.0 Å². The van der Waals surface area contributed by atoms with E-state index < -0.39 is 55.2 Å². The van der Waals surface area contributed by atoms with Crippen LogP contribution in [0.5, 0.6) is 0 Å². The maximum Gasteiger partial charge on any atom is 0.416 e. The van der Waals surface area contributed by atoms with Gasteiger partial charge in [0.05, 0.1) is 23.1 Å². The van der Waals surface area contributed by atoms with Crippen molar-refractivity contribution in [3.8, 4) is 6.07 Å². The Hall–Kier alpha value is -3.55. The first-order valence-electron chi connectivity index (χ1n) is 9.69. The number of nitriles is 1. The predicted octanol–water partition coefficient (Wildman–Crippen LogP) is 4.52. The number of benzene rings is 2. The maximum absolute atomic E-state index is 13.1. The zero-order chi connectivity index (χ0) is 24.4. The van der Waals surface area contributed by atoms with E-state index in [9.17, 15) is 35.9 Å². The standard InChI is InChI=1S/C22H17F6N3O2/c23-21(24,25)13-30(11-15-6-4-14(10-29)5-7-15)20(33)16-8-19(32)31(12-16)18-3-1-2-17(9-18)22(26,27)28/h1-7,9,16H,8,11-13H2. The molecule has 2 aromatic rings. The van der Waals surface area contributed by atoms with Crippen molar-refractivity contribution < 1.29 is 35.9 Å². The van der Waals surface area contributed by atoms with E-state index in [-0.39, 0.29) is 12.2 Å². The van der Waals surface area contributed by atoms with Crippen LogP contribution in [0.3, 0.4) is 0 Å². The predicted molar refractivity (Wildman–Crippen MR) is 105 cm³/mol. The molecule has 0 spiro atoms. The lowest BCUT2D eigenvalue weighted by molar-refractivity contribution is -0.164. The number of anilines is 1. The number of carbonyl (C=O) groups excluding carboxylic acids is 2. The first-order chi connectivity index (χ1) is 15.4. The van der Waals surface area contributed by atoms with Gasteiger partial charge in [-0.15, -0.1) is 0 Å². The Labute approximate surface area is 184 Å². The summed E-state index contributed by atoms with van der Waals surface area (Å²) in [6, 6.07) is 11.5. The second kappa shape index (κ2) is 9.13. The third-order valence-electron chi connectivity index (χ3n) is 5.10. The fourth-order valence-electron chi connectivity index (χ4n) is 3.56. The number of carbonyl (C=O) groups is 2. The molecule has 1 aliphatic heterocycles. The minimum atomic E-state index is -4.70. The summed E-state index contributed by atoms with van der Waals surface area (Å²) in [5.41, 5.74) is -0.419. The van der Waals surface area contributed by atoms with Crippen LogP contribution in [0.4, 0.5) is 32.0 Å². The topological polar surface area (TPSA) is 64.4 Å². The highest BCUT2D eigenvalue weighted by Crippen LogP contribution is 2.34. The summed E-state index contributed by atoms with van der Waals surface area (Å²) in [5.74, 6) is -2.73. The van der Waals surface area contributed by atoms with Crippen LogP contribution in [0, 0.1) is 17.2 Å². The Morgan fingerprint density at radius 2 is 1.76 bits per heavy atom. The van der Waals surface area contributed by atoms with E-state index in [2.05, 4.69) is 0 Å². The van der Waals surface area contributed by atoms with Crippen molar-refractivity contribution in [2.24, 2.45) is 5.92 Å². The number of alkyl halides is 6. The molecule has 3 rings (SSSR count). The molecule has 0 aliphatic carbocycles. The van der Waals surface area contributed by atoms with Crippen LogP contribution in [0.2, 0.25) is 0 Å². The van der Waals surface area contributed by atoms with Crippen LogP contribution in [0.25, 0.3) is 0 Å². The van der Waals surface area contributed by atoms with Crippen LogP contribution >= 0.6 is 0 Å². The van der Waals surface area contributed by atoms with E-state index >= 15 is 0 Å². The fraction of sp³-hybridized carbons (Fsp3) is 0.318. The van der Waals surface area contributed by atoms with E-state index in [1.165, 1.54) is 30.3 Å². The average molecular weight is 469 g/mol. The van der Waals surface area contributed by atoms with Gasteiger partial charge in [0, 0.05) is 25.2 Å². The van der Waals surface area contributed by atoms with Crippen LogP contribution < -0.4 is 4.90 Å². The van der Waals surface area contributed by atoms with Crippen LogP contribution in [-0.4, -0.2) is 36.0 Å². The molecule has 5 nitrogen and oxygen atoms in total. The van der Waals surface area contributed by atoms with Gasteiger partial charge in [0.25, 0.3) is 0 Å².